The normalized spacial score (nSPS) is 11.5. The van der Waals surface area contributed by atoms with Crippen molar-refractivity contribution in [3.05, 3.63) is 11.9 Å². The molecule has 126 valence electrons. The lowest BCUT2D eigenvalue weighted by Crippen LogP contribution is -2.18. The quantitative estimate of drug-likeness (QED) is 0.622. The standard InChI is InChI=1S/C18H33N3O/c1-6-8-10-11-12-19-15-14-16(22-13-9-7-2)21-17(20-15)18(3,4)5/h14H,6-13H2,1-5H3,(H,19,20,21). The molecular formula is C18H33N3O. The molecule has 0 saturated heterocycles. The van der Waals surface area contributed by atoms with E-state index >= 15 is 0 Å². The van der Waals surface area contributed by atoms with Crippen LogP contribution in [0.1, 0.15) is 79.0 Å². The second kappa shape index (κ2) is 9.65. The van der Waals surface area contributed by atoms with E-state index in [4.69, 9.17) is 4.74 Å². The predicted octanol–water partition coefficient (Wildman–Crippen LogP) is 4.95. The van der Waals surface area contributed by atoms with Crippen molar-refractivity contribution in [1.29, 1.82) is 0 Å². The Morgan fingerprint density at radius 3 is 2.36 bits per heavy atom. The number of ether oxygens (including phenoxy) is 1. The van der Waals surface area contributed by atoms with Crippen LogP contribution in [0.3, 0.4) is 0 Å². The molecule has 1 heterocycles. The first-order valence-corrected chi connectivity index (χ1v) is 8.73. The van der Waals surface area contributed by atoms with Gasteiger partial charge in [-0.3, -0.25) is 0 Å². The molecule has 0 unspecified atom stereocenters. The summed E-state index contributed by atoms with van der Waals surface area (Å²) in [5.41, 5.74) is -0.0806. The Hall–Kier alpha value is -1.32. The first-order valence-electron chi connectivity index (χ1n) is 8.73. The summed E-state index contributed by atoms with van der Waals surface area (Å²) in [4.78, 5) is 9.21. The van der Waals surface area contributed by atoms with Crippen molar-refractivity contribution >= 4 is 5.82 Å². The van der Waals surface area contributed by atoms with E-state index in [1.807, 2.05) is 6.07 Å². The van der Waals surface area contributed by atoms with Gasteiger partial charge in [0.15, 0.2) is 0 Å². The summed E-state index contributed by atoms with van der Waals surface area (Å²) in [5.74, 6) is 2.39. The van der Waals surface area contributed by atoms with Crippen LogP contribution in [0.2, 0.25) is 0 Å². The number of anilines is 1. The Balaban J connectivity index is 2.70. The second-order valence-corrected chi connectivity index (χ2v) is 6.85. The third-order valence-electron chi connectivity index (χ3n) is 3.46. The highest BCUT2D eigenvalue weighted by Gasteiger charge is 2.19. The average Bonchev–Trinajstić information content (AvgIpc) is 2.46. The predicted molar refractivity (Wildman–Crippen MR) is 93.8 cm³/mol. The first kappa shape index (κ1) is 18.7. The van der Waals surface area contributed by atoms with Gasteiger partial charge in [0.25, 0.3) is 0 Å². The Morgan fingerprint density at radius 2 is 1.73 bits per heavy atom. The largest absolute Gasteiger partial charge is 0.478 e. The number of aromatic nitrogens is 2. The molecular weight excluding hydrogens is 274 g/mol. The maximum Gasteiger partial charge on any atom is 0.218 e. The summed E-state index contributed by atoms with van der Waals surface area (Å²) in [5, 5.41) is 3.42. The number of hydrogen-bond acceptors (Lipinski definition) is 4. The zero-order valence-corrected chi connectivity index (χ0v) is 15.0. The fourth-order valence-corrected chi connectivity index (χ4v) is 2.01. The molecule has 0 amide bonds. The molecule has 0 fully saturated rings. The Kier molecular flexibility index (Phi) is 8.21. The summed E-state index contributed by atoms with van der Waals surface area (Å²) >= 11 is 0. The van der Waals surface area contributed by atoms with Crippen LogP contribution in [0.25, 0.3) is 0 Å². The lowest BCUT2D eigenvalue weighted by Gasteiger charge is -2.19. The lowest BCUT2D eigenvalue weighted by molar-refractivity contribution is 0.294. The highest BCUT2D eigenvalue weighted by molar-refractivity contribution is 5.39. The molecule has 1 N–H and O–H groups in total. The van der Waals surface area contributed by atoms with Gasteiger partial charge >= 0.3 is 0 Å². The summed E-state index contributed by atoms with van der Waals surface area (Å²) in [7, 11) is 0. The Labute approximate surface area is 136 Å². The minimum absolute atomic E-state index is 0.0806. The van der Waals surface area contributed by atoms with E-state index in [1.54, 1.807) is 0 Å². The number of nitrogens with one attached hydrogen (secondary N) is 1. The minimum Gasteiger partial charge on any atom is -0.478 e. The van der Waals surface area contributed by atoms with Gasteiger partial charge in [-0.15, -0.1) is 0 Å². The van der Waals surface area contributed by atoms with Crippen LogP contribution < -0.4 is 10.1 Å². The molecule has 0 aliphatic heterocycles. The van der Waals surface area contributed by atoms with E-state index in [0.717, 1.165) is 31.0 Å². The van der Waals surface area contributed by atoms with Crippen LogP contribution in [-0.2, 0) is 5.41 Å². The average molecular weight is 307 g/mol. The molecule has 1 aromatic heterocycles. The fourth-order valence-electron chi connectivity index (χ4n) is 2.01. The van der Waals surface area contributed by atoms with Crippen LogP contribution in [0.4, 0.5) is 5.82 Å². The molecule has 0 atom stereocenters. The zero-order chi connectivity index (χ0) is 16.4. The maximum atomic E-state index is 5.78. The van der Waals surface area contributed by atoms with E-state index < -0.39 is 0 Å². The topological polar surface area (TPSA) is 47.0 Å². The monoisotopic (exact) mass is 307 g/mol. The molecule has 0 spiro atoms. The van der Waals surface area contributed by atoms with E-state index in [-0.39, 0.29) is 5.41 Å². The van der Waals surface area contributed by atoms with Crippen LogP contribution in [-0.4, -0.2) is 23.1 Å². The molecule has 0 bridgehead atoms. The van der Waals surface area contributed by atoms with Gasteiger partial charge in [-0.25, -0.2) is 4.98 Å². The van der Waals surface area contributed by atoms with Crippen molar-refractivity contribution in [3.63, 3.8) is 0 Å². The van der Waals surface area contributed by atoms with Gasteiger partial charge in [-0.05, 0) is 12.8 Å². The number of unbranched alkanes of at least 4 members (excludes halogenated alkanes) is 4. The Morgan fingerprint density at radius 1 is 1.00 bits per heavy atom. The van der Waals surface area contributed by atoms with Gasteiger partial charge in [-0.2, -0.15) is 4.98 Å². The van der Waals surface area contributed by atoms with Crippen LogP contribution in [0.5, 0.6) is 5.88 Å². The molecule has 1 rings (SSSR count). The van der Waals surface area contributed by atoms with E-state index in [1.165, 1.54) is 25.7 Å². The van der Waals surface area contributed by atoms with Crippen LogP contribution in [0, 0.1) is 0 Å². The third-order valence-corrected chi connectivity index (χ3v) is 3.46. The van der Waals surface area contributed by atoms with Crippen molar-refractivity contribution in [1.82, 2.24) is 9.97 Å². The number of rotatable bonds is 10. The van der Waals surface area contributed by atoms with Crippen molar-refractivity contribution in [2.75, 3.05) is 18.5 Å². The van der Waals surface area contributed by atoms with Crippen LogP contribution >= 0.6 is 0 Å². The maximum absolute atomic E-state index is 5.78. The lowest BCUT2D eigenvalue weighted by atomic mass is 9.96. The molecule has 22 heavy (non-hydrogen) atoms. The number of hydrogen-bond donors (Lipinski definition) is 1. The van der Waals surface area contributed by atoms with E-state index in [0.29, 0.717) is 12.5 Å². The van der Waals surface area contributed by atoms with Crippen molar-refractivity contribution in [2.45, 2.75) is 78.6 Å². The van der Waals surface area contributed by atoms with Crippen LogP contribution in [0.15, 0.2) is 6.07 Å². The van der Waals surface area contributed by atoms with Crippen molar-refractivity contribution in [3.8, 4) is 5.88 Å². The smallest absolute Gasteiger partial charge is 0.218 e. The highest BCUT2D eigenvalue weighted by Crippen LogP contribution is 2.23. The molecule has 0 aromatic carbocycles. The van der Waals surface area contributed by atoms with Gasteiger partial charge in [0.05, 0.1) is 6.61 Å². The zero-order valence-electron chi connectivity index (χ0n) is 15.0. The van der Waals surface area contributed by atoms with Crippen molar-refractivity contribution < 1.29 is 4.74 Å². The molecule has 1 aromatic rings. The van der Waals surface area contributed by atoms with Gasteiger partial charge in [-0.1, -0.05) is 60.3 Å². The fraction of sp³-hybridized carbons (Fsp3) is 0.778. The highest BCUT2D eigenvalue weighted by atomic mass is 16.5. The third kappa shape index (κ3) is 7.10. The minimum atomic E-state index is -0.0806. The summed E-state index contributed by atoms with van der Waals surface area (Å²) < 4.78 is 5.78. The number of nitrogens with zero attached hydrogens (tertiary/aromatic N) is 2. The van der Waals surface area contributed by atoms with E-state index in [2.05, 4.69) is 49.9 Å². The summed E-state index contributed by atoms with van der Waals surface area (Å²) in [6, 6.07) is 1.92. The first-order chi connectivity index (χ1) is 10.5. The molecule has 0 saturated carbocycles. The summed E-state index contributed by atoms with van der Waals surface area (Å²) in [6.45, 7) is 12.4. The van der Waals surface area contributed by atoms with Gasteiger partial charge < -0.3 is 10.1 Å². The van der Waals surface area contributed by atoms with Crippen molar-refractivity contribution in [2.24, 2.45) is 0 Å². The molecule has 0 aliphatic rings. The van der Waals surface area contributed by atoms with Gasteiger partial charge in [0.1, 0.15) is 11.6 Å². The molecule has 0 radical (unpaired) electrons. The summed E-state index contributed by atoms with van der Waals surface area (Å²) in [6.07, 6.45) is 7.17. The molecule has 0 aliphatic carbocycles. The van der Waals surface area contributed by atoms with Gasteiger partial charge in [0.2, 0.25) is 5.88 Å². The second-order valence-electron chi connectivity index (χ2n) is 6.85. The Bertz CT molecular complexity index is 427. The molecule has 4 heteroatoms. The van der Waals surface area contributed by atoms with E-state index in [9.17, 15) is 0 Å². The molecule has 4 nitrogen and oxygen atoms in total. The SMILES string of the molecule is CCCCCCNc1cc(OCCCC)nc(C(C)(C)C)n1. The van der Waals surface area contributed by atoms with Gasteiger partial charge in [0, 0.05) is 18.0 Å².